The van der Waals surface area contributed by atoms with Gasteiger partial charge in [-0.2, -0.15) is 4.99 Å². The first kappa shape index (κ1) is 11.8. The van der Waals surface area contributed by atoms with Crippen LogP contribution in [0.4, 0.5) is 0 Å². The number of hydrogen-bond acceptors (Lipinski definition) is 4. The van der Waals surface area contributed by atoms with Gasteiger partial charge in [-0.1, -0.05) is 19.3 Å². The Balaban J connectivity index is 2.48. The van der Waals surface area contributed by atoms with Gasteiger partial charge < -0.3 is 0 Å². The summed E-state index contributed by atoms with van der Waals surface area (Å²) >= 11 is 0. The van der Waals surface area contributed by atoms with E-state index in [-0.39, 0.29) is 5.54 Å². The second-order valence-electron chi connectivity index (χ2n) is 4.06. The topological polar surface area (TPSA) is 58.9 Å². The Labute approximate surface area is 89.5 Å². The smallest absolute Gasteiger partial charge is 0.211 e. The maximum Gasteiger partial charge on any atom is 0.235 e. The van der Waals surface area contributed by atoms with Gasteiger partial charge in [0.2, 0.25) is 12.2 Å². The van der Waals surface area contributed by atoms with Crippen LogP contribution in [-0.2, 0) is 9.59 Å². The molecule has 0 heterocycles. The van der Waals surface area contributed by atoms with Crippen molar-refractivity contribution in [3.8, 4) is 0 Å². The van der Waals surface area contributed by atoms with Crippen molar-refractivity contribution in [2.24, 2.45) is 9.98 Å². The molecule has 0 aromatic rings. The average Bonchev–Trinajstić information content (AvgIpc) is 2.26. The molecule has 1 fully saturated rings. The highest BCUT2D eigenvalue weighted by molar-refractivity contribution is 5.35. The minimum Gasteiger partial charge on any atom is -0.211 e. The van der Waals surface area contributed by atoms with Gasteiger partial charge in [-0.25, -0.2) is 14.6 Å². The molecule has 0 radical (unpaired) electrons. The molecule has 0 atom stereocenters. The first-order chi connectivity index (χ1) is 7.33. The molecule has 82 valence electrons. The first-order valence-electron chi connectivity index (χ1n) is 5.46. The lowest BCUT2D eigenvalue weighted by atomic mass is 9.79. The van der Waals surface area contributed by atoms with E-state index in [2.05, 4.69) is 9.98 Å². The lowest BCUT2D eigenvalue weighted by Gasteiger charge is -2.31. The normalized spacial score (nSPS) is 18.7. The van der Waals surface area contributed by atoms with Gasteiger partial charge in [0.15, 0.2) is 0 Å². The predicted molar refractivity (Wildman–Crippen MR) is 56.2 cm³/mol. The summed E-state index contributed by atoms with van der Waals surface area (Å²) in [5.41, 5.74) is -0.210. The molecule has 0 unspecified atom stereocenters. The Kier molecular flexibility index (Phi) is 4.96. The summed E-state index contributed by atoms with van der Waals surface area (Å²) in [4.78, 5) is 27.7. The van der Waals surface area contributed by atoms with E-state index in [1.807, 2.05) is 0 Å². The lowest BCUT2D eigenvalue weighted by Crippen LogP contribution is -2.29. The Morgan fingerprint density at radius 2 is 1.80 bits per heavy atom. The minimum atomic E-state index is -0.210. The van der Waals surface area contributed by atoms with E-state index in [1.54, 1.807) is 6.08 Å². The van der Waals surface area contributed by atoms with Crippen LogP contribution in [0.2, 0.25) is 0 Å². The van der Waals surface area contributed by atoms with Gasteiger partial charge in [-0.05, 0) is 25.7 Å². The van der Waals surface area contributed by atoms with E-state index in [0.29, 0.717) is 6.54 Å². The summed E-state index contributed by atoms with van der Waals surface area (Å²) in [5, 5.41) is 0. The summed E-state index contributed by atoms with van der Waals surface area (Å²) < 4.78 is 0. The third-order valence-electron chi connectivity index (χ3n) is 3.04. The van der Waals surface area contributed by atoms with E-state index in [0.717, 1.165) is 38.5 Å². The zero-order valence-corrected chi connectivity index (χ0v) is 8.87. The quantitative estimate of drug-likeness (QED) is 0.395. The zero-order valence-electron chi connectivity index (χ0n) is 8.87. The van der Waals surface area contributed by atoms with Gasteiger partial charge in [0.1, 0.15) is 0 Å². The van der Waals surface area contributed by atoms with Gasteiger partial charge in [0.05, 0.1) is 12.1 Å². The fraction of sp³-hybridized carbons (Fsp3) is 0.818. The first-order valence-corrected chi connectivity index (χ1v) is 5.46. The molecule has 0 aromatic heterocycles. The maximum atomic E-state index is 10.4. The van der Waals surface area contributed by atoms with Crippen LogP contribution in [0.25, 0.3) is 0 Å². The van der Waals surface area contributed by atoms with Gasteiger partial charge >= 0.3 is 0 Å². The summed E-state index contributed by atoms with van der Waals surface area (Å²) in [5.74, 6) is 0. The number of hydrogen-bond donors (Lipinski definition) is 0. The number of aliphatic imine (C=N–C) groups is 2. The Morgan fingerprint density at radius 3 is 2.40 bits per heavy atom. The molecule has 0 N–H and O–H groups in total. The lowest BCUT2D eigenvalue weighted by molar-refractivity contribution is 0.276. The van der Waals surface area contributed by atoms with Crippen molar-refractivity contribution in [2.75, 3.05) is 6.54 Å². The molecule has 0 aliphatic heterocycles. The predicted octanol–water partition coefficient (Wildman–Crippen LogP) is 2.14. The summed E-state index contributed by atoms with van der Waals surface area (Å²) in [6.07, 6.45) is 10.2. The molecule has 0 aromatic carbocycles. The van der Waals surface area contributed by atoms with Crippen molar-refractivity contribution in [1.82, 2.24) is 0 Å². The molecular formula is C11H16N2O2. The molecule has 4 nitrogen and oxygen atoms in total. The van der Waals surface area contributed by atoms with Gasteiger partial charge in [-0.15, -0.1) is 0 Å². The molecule has 4 heteroatoms. The van der Waals surface area contributed by atoms with Crippen molar-refractivity contribution in [1.29, 1.82) is 0 Å². The fourth-order valence-electron chi connectivity index (χ4n) is 2.26. The highest BCUT2D eigenvalue weighted by Crippen LogP contribution is 2.35. The molecule has 15 heavy (non-hydrogen) atoms. The van der Waals surface area contributed by atoms with Crippen LogP contribution in [0.15, 0.2) is 9.98 Å². The van der Waals surface area contributed by atoms with Crippen molar-refractivity contribution >= 4 is 12.2 Å². The van der Waals surface area contributed by atoms with Crippen molar-refractivity contribution in [3.05, 3.63) is 0 Å². The van der Waals surface area contributed by atoms with E-state index >= 15 is 0 Å². The van der Waals surface area contributed by atoms with E-state index in [4.69, 9.17) is 0 Å². The van der Waals surface area contributed by atoms with E-state index < -0.39 is 0 Å². The van der Waals surface area contributed by atoms with Crippen molar-refractivity contribution in [2.45, 2.75) is 50.5 Å². The van der Waals surface area contributed by atoms with Crippen LogP contribution in [0.5, 0.6) is 0 Å². The zero-order chi connectivity index (χ0) is 11.0. The maximum absolute atomic E-state index is 10.4. The molecule has 0 amide bonds. The average molecular weight is 208 g/mol. The van der Waals surface area contributed by atoms with Gasteiger partial charge in [-0.3, -0.25) is 0 Å². The second-order valence-corrected chi connectivity index (χ2v) is 4.06. The monoisotopic (exact) mass is 208 g/mol. The molecule has 1 rings (SSSR count). The van der Waals surface area contributed by atoms with Gasteiger partial charge in [0.25, 0.3) is 0 Å². The highest BCUT2D eigenvalue weighted by Gasteiger charge is 2.30. The minimum absolute atomic E-state index is 0.210. The molecule has 0 bridgehead atoms. The molecular weight excluding hydrogens is 192 g/mol. The summed E-state index contributed by atoms with van der Waals surface area (Å²) in [6.45, 7) is 0.486. The van der Waals surface area contributed by atoms with Crippen LogP contribution in [0, 0.1) is 0 Å². The third-order valence-corrected chi connectivity index (χ3v) is 3.04. The second kappa shape index (κ2) is 6.28. The number of nitrogens with zero attached hydrogens (tertiary/aromatic N) is 2. The Morgan fingerprint density at radius 1 is 1.07 bits per heavy atom. The van der Waals surface area contributed by atoms with Crippen LogP contribution < -0.4 is 0 Å². The number of isocyanates is 2. The van der Waals surface area contributed by atoms with Crippen LogP contribution in [0.1, 0.15) is 44.9 Å². The third kappa shape index (κ3) is 3.78. The highest BCUT2D eigenvalue weighted by atomic mass is 16.1. The molecule has 0 spiro atoms. The molecule has 1 saturated carbocycles. The number of carbonyl (C=O) groups excluding carboxylic acids is 2. The standard InChI is InChI=1S/C11H16N2O2/c14-9-12-8-4-7-11(13-10-15)5-2-1-3-6-11/h1-8H2. The van der Waals surface area contributed by atoms with Crippen LogP contribution in [0.3, 0.4) is 0 Å². The van der Waals surface area contributed by atoms with E-state index in [1.165, 1.54) is 12.5 Å². The van der Waals surface area contributed by atoms with Crippen molar-refractivity contribution in [3.63, 3.8) is 0 Å². The SMILES string of the molecule is O=C=NCCCC1(N=C=O)CCCCC1. The van der Waals surface area contributed by atoms with Gasteiger partial charge in [0, 0.05) is 0 Å². The summed E-state index contributed by atoms with van der Waals surface area (Å²) in [7, 11) is 0. The molecule has 0 saturated heterocycles. The van der Waals surface area contributed by atoms with Crippen molar-refractivity contribution < 1.29 is 9.59 Å². The number of rotatable bonds is 5. The molecule has 1 aliphatic rings. The fourth-order valence-corrected chi connectivity index (χ4v) is 2.26. The Hall–Kier alpha value is -1.24. The van der Waals surface area contributed by atoms with E-state index in [9.17, 15) is 9.59 Å². The Bertz CT molecular complexity index is 283. The molecule has 1 aliphatic carbocycles. The van der Waals surface area contributed by atoms with Crippen LogP contribution >= 0.6 is 0 Å². The largest absolute Gasteiger partial charge is 0.235 e. The summed E-state index contributed by atoms with van der Waals surface area (Å²) in [6, 6.07) is 0. The van der Waals surface area contributed by atoms with Crippen LogP contribution in [-0.4, -0.2) is 24.2 Å².